The highest BCUT2D eigenvalue weighted by atomic mass is 16.5. The van der Waals surface area contributed by atoms with Crippen molar-refractivity contribution in [3.8, 4) is 17.2 Å². The van der Waals surface area contributed by atoms with Crippen molar-refractivity contribution in [1.29, 1.82) is 0 Å². The average molecular weight is 266 g/mol. The molecule has 0 bridgehead atoms. The van der Waals surface area contributed by atoms with Crippen molar-refractivity contribution in [1.82, 2.24) is 0 Å². The third-order valence-electron chi connectivity index (χ3n) is 3.90. The topological polar surface area (TPSA) is 47.9 Å². The maximum Gasteiger partial charge on any atom is 0.164 e. The summed E-state index contributed by atoms with van der Waals surface area (Å²) in [7, 11) is 4.78. The van der Waals surface area contributed by atoms with Crippen LogP contribution in [0.25, 0.3) is 0 Å². The summed E-state index contributed by atoms with van der Waals surface area (Å²) in [5.74, 6) is 2.20. The van der Waals surface area contributed by atoms with Gasteiger partial charge in [0.15, 0.2) is 11.5 Å². The van der Waals surface area contributed by atoms with Crippen molar-refractivity contribution in [2.45, 2.75) is 31.8 Å². The molecule has 0 heterocycles. The third-order valence-corrected chi connectivity index (χ3v) is 3.90. The first-order valence-electron chi connectivity index (χ1n) is 6.69. The van der Waals surface area contributed by atoms with Gasteiger partial charge in [-0.1, -0.05) is 12.8 Å². The minimum Gasteiger partial charge on any atom is -0.496 e. The molecule has 4 heteroatoms. The number of hydrogen-bond donors (Lipinski definition) is 1. The lowest BCUT2D eigenvalue weighted by Gasteiger charge is -2.22. The maximum atomic E-state index is 10.5. The molecule has 2 rings (SSSR count). The highest BCUT2D eigenvalue weighted by Gasteiger charge is 2.28. The molecule has 1 N–H and O–H groups in total. The number of hydrogen-bond acceptors (Lipinski definition) is 4. The van der Waals surface area contributed by atoms with Crippen molar-refractivity contribution in [2.75, 3.05) is 21.3 Å². The van der Waals surface area contributed by atoms with E-state index < -0.39 is 6.10 Å². The largest absolute Gasteiger partial charge is 0.496 e. The summed E-state index contributed by atoms with van der Waals surface area (Å²) in [6.45, 7) is 0. The van der Waals surface area contributed by atoms with Crippen LogP contribution in [0.1, 0.15) is 37.4 Å². The summed E-state index contributed by atoms with van der Waals surface area (Å²) >= 11 is 0. The quantitative estimate of drug-likeness (QED) is 0.890. The molecular formula is C15H22O4. The lowest BCUT2D eigenvalue weighted by Crippen LogP contribution is -2.11. The van der Waals surface area contributed by atoms with Crippen molar-refractivity contribution in [2.24, 2.45) is 5.92 Å². The highest BCUT2D eigenvalue weighted by molar-refractivity contribution is 5.51. The molecule has 1 aromatic carbocycles. The SMILES string of the molecule is COc1cc(OC)c(C(O)C2CCCC2)cc1OC. The molecule has 0 amide bonds. The van der Waals surface area contributed by atoms with Crippen LogP contribution in [0, 0.1) is 5.92 Å². The van der Waals surface area contributed by atoms with Crippen molar-refractivity contribution in [3.05, 3.63) is 17.7 Å². The zero-order valence-electron chi connectivity index (χ0n) is 11.8. The number of benzene rings is 1. The molecule has 0 radical (unpaired) electrons. The van der Waals surface area contributed by atoms with Gasteiger partial charge < -0.3 is 19.3 Å². The standard InChI is InChI=1S/C15H22O4/c1-17-12-9-14(19-3)13(18-2)8-11(12)15(16)10-6-4-5-7-10/h8-10,15-16H,4-7H2,1-3H3. The van der Waals surface area contributed by atoms with Crippen LogP contribution >= 0.6 is 0 Å². The smallest absolute Gasteiger partial charge is 0.164 e. The third kappa shape index (κ3) is 2.78. The van der Waals surface area contributed by atoms with Crippen LogP contribution in [0.4, 0.5) is 0 Å². The Morgan fingerprint density at radius 1 is 0.947 bits per heavy atom. The fourth-order valence-electron chi connectivity index (χ4n) is 2.81. The molecule has 1 aromatic rings. The van der Waals surface area contributed by atoms with Crippen LogP contribution in [-0.4, -0.2) is 26.4 Å². The minimum absolute atomic E-state index is 0.312. The molecule has 19 heavy (non-hydrogen) atoms. The highest BCUT2D eigenvalue weighted by Crippen LogP contribution is 2.43. The van der Waals surface area contributed by atoms with E-state index >= 15 is 0 Å². The summed E-state index contributed by atoms with van der Waals surface area (Å²) in [5, 5.41) is 10.5. The van der Waals surface area contributed by atoms with Crippen LogP contribution in [0.5, 0.6) is 17.2 Å². The van der Waals surface area contributed by atoms with Crippen molar-refractivity contribution in [3.63, 3.8) is 0 Å². The van der Waals surface area contributed by atoms with Crippen LogP contribution in [-0.2, 0) is 0 Å². The second-order valence-electron chi connectivity index (χ2n) is 4.94. The second-order valence-corrected chi connectivity index (χ2v) is 4.94. The molecular weight excluding hydrogens is 244 g/mol. The Labute approximate surface area is 114 Å². The monoisotopic (exact) mass is 266 g/mol. The maximum absolute atomic E-state index is 10.5. The van der Waals surface area contributed by atoms with Gasteiger partial charge in [-0.15, -0.1) is 0 Å². The lowest BCUT2D eigenvalue weighted by atomic mass is 9.93. The molecule has 106 valence electrons. The van der Waals surface area contributed by atoms with Crippen LogP contribution in [0.3, 0.4) is 0 Å². The van der Waals surface area contributed by atoms with E-state index in [1.807, 2.05) is 6.07 Å². The summed E-state index contributed by atoms with van der Waals surface area (Å²) in [6, 6.07) is 3.59. The van der Waals surface area contributed by atoms with E-state index in [0.717, 1.165) is 18.4 Å². The number of aliphatic hydroxyl groups is 1. The number of ether oxygens (including phenoxy) is 3. The number of methoxy groups -OCH3 is 3. The summed E-state index contributed by atoms with van der Waals surface area (Å²) in [4.78, 5) is 0. The van der Waals surface area contributed by atoms with Crippen LogP contribution in [0.2, 0.25) is 0 Å². The van der Waals surface area contributed by atoms with Crippen molar-refractivity contribution >= 4 is 0 Å². The molecule has 0 aliphatic heterocycles. The second kappa shape index (κ2) is 6.15. The molecule has 1 saturated carbocycles. The van der Waals surface area contributed by atoms with Crippen LogP contribution in [0.15, 0.2) is 12.1 Å². The van der Waals surface area contributed by atoms with Gasteiger partial charge in [0, 0.05) is 11.6 Å². The molecule has 1 atom stereocenters. The molecule has 1 unspecified atom stereocenters. The van der Waals surface area contributed by atoms with E-state index in [9.17, 15) is 5.11 Å². The average Bonchev–Trinajstić information content (AvgIpc) is 2.99. The fraction of sp³-hybridized carbons (Fsp3) is 0.600. The van der Waals surface area contributed by atoms with Gasteiger partial charge in [0.2, 0.25) is 0 Å². The molecule has 1 aliphatic rings. The molecule has 0 saturated heterocycles. The zero-order chi connectivity index (χ0) is 13.8. The first-order valence-corrected chi connectivity index (χ1v) is 6.69. The Hall–Kier alpha value is -1.42. The van der Waals surface area contributed by atoms with E-state index in [2.05, 4.69) is 0 Å². The first-order chi connectivity index (χ1) is 9.21. The molecule has 0 spiro atoms. The molecule has 1 fully saturated rings. The lowest BCUT2D eigenvalue weighted by molar-refractivity contribution is 0.108. The Kier molecular flexibility index (Phi) is 4.53. The Morgan fingerprint density at radius 2 is 1.47 bits per heavy atom. The summed E-state index contributed by atoms with van der Waals surface area (Å²) in [5.41, 5.74) is 0.784. The Bertz CT molecular complexity index is 424. The zero-order valence-corrected chi connectivity index (χ0v) is 11.8. The Balaban J connectivity index is 2.36. The van der Waals surface area contributed by atoms with Gasteiger partial charge in [-0.25, -0.2) is 0 Å². The van der Waals surface area contributed by atoms with Gasteiger partial charge in [-0.2, -0.15) is 0 Å². The summed E-state index contributed by atoms with van der Waals surface area (Å²) in [6.07, 6.45) is 4.02. The first kappa shape index (κ1) is 14.0. The van der Waals surface area contributed by atoms with E-state index in [1.165, 1.54) is 12.8 Å². The molecule has 0 aromatic heterocycles. The number of aliphatic hydroxyl groups excluding tert-OH is 1. The van der Waals surface area contributed by atoms with Gasteiger partial charge in [0.25, 0.3) is 0 Å². The van der Waals surface area contributed by atoms with Crippen molar-refractivity contribution < 1.29 is 19.3 Å². The van der Waals surface area contributed by atoms with E-state index in [1.54, 1.807) is 27.4 Å². The normalized spacial score (nSPS) is 17.3. The predicted molar refractivity (Wildman–Crippen MR) is 73.0 cm³/mol. The van der Waals surface area contributed by atoms with E-state index in [-0.39, 0.29) is 0 Å². The van der Waals surface area contributed by atoms with Crippen LogP contribution < -0.4 is 14.2 Å². The van der Waals surface area contributed by atoms with Gasteiger partial charge in [-0.05, 0) is 24.8 Å². The van der Waals surface area contributed by atoms with Gasteiger partial charge >= 0.3 is 0 Å². The summed E-state index contributed by atoms with van der Waals surface area (Å²) < 4.78 is 15.9. The van der Waals surface area contributed by atoms with Gasteiger partial charge in [0.05, 0.1) is 27.4 Å². The fourth-order valence-corrected chi connectivity index (χ4v) is 2.81. The minimum atomic E-state index is -0.503. The molecule has 1 aliphatic carbocycles. The Morgan fingerprint density at radius 3 is 2.00 bits per heavy atom. The van der Waals surface area contributed by atoms with Gasteiger partial charge in [0.1, 0.15) is 5.75 Å². The van der Waals surface area contributed by atoms with Gasteiger partial charge in [-0.3, -0.25) is 0 Å². The predicted octanol–water partition coefficient (Wildman–Crippen LogP) is 2.94. The molecule has 4 nitrogen and oxygen atoms in total. The van der Waals surface area contributed by atoms with E-state index in [4.69, 9.17) is 14.2 Å². The van der Waals surface area contributed by atoms with E-state index in [0.29, 0.717) is 23.2 Å². The number of rotatable bonds is 5.